The number of esters is 1. The number of pyridine rings is 1. The maximum atomic E-state index is 12.0. The van der Waals surface area contributed by atoms with E-state index in [1.807, 2.05) is 0 Å². The number of fused-ring (bicyclic) bond motifs is 1. The highest BCUT2D eigenvalue weighted by atomic mass is 16.5. The molecule has 0 saturated carbocycles. The lowest BCUT2D eigenvalue weighted by Gasteiger charge is -2.13. The number of rotatable bonds is 3. The minimum Gasteiger partial charge on any atom is -0.506 e. The molecule has 3 rings (SSSR count). The molecule has 0 radical (unpaired) electrons. The van der Waals surface area contributed by atoms with E-state index in [-0.39, 0.29) is 34.2 Å². The van der Waals surface area contributed by atoms with Gasteiger partial charge in [0.05, 0.1) is 18.4 Å². The SMILES string of the molecule is COC(=O)c1cn(-c2ccc(O)c(NC(C)=O)c2)cc2c(=O)[nH]nc1-2. The molecule has 2 aliphatic heterocycles. The van der Waals surface area contributed by atoms with Crippen molar-refractivity contribution in [3.8, 4) is 22.7 Å². The molecule has 0 saturated heterocycles. The molecule has 0 aromatic heterocycles. The number of phenols is 1. The highest BCUT2D eigenvalue weighted by Gasteiger charge is 2.22. The lowest BCUT2D eigenvalue weighted by molar-refractivity contribution is -0.114. The van der Waals surface area contributed by atoms with Crippen LogP contribution in [0.3, 0.4) is 0 Å². The number of hydrogen-bond acceptors (Lipinski definition) is 6. The number of phenolic OH excluding ortho intramolecular Hbond substituents is 1. The number of aromatic amines is 1. The zero-order chi connectivity index (χ0) is 18.1. The average molecular weight is 342 g/mol. The number of hydrogen-bond donors (Lipinski definition) is 3. The summed E-state index contributed by atoms with van der Waals surface area (Å²) >= 11 is 0. The van der Waals surface area contributed by atoms with Crippen LogP contribution in [-0.4, -0.2) is 38.9 Å². The molecular formula is C16H14N4O5. The Bertz CT molecular complexity index is 1000. The second kappa shape index (κ2) is 6.11. The summed E-state index contributed by atoms with van der Waals surface area (Å²) < 4.78 is 6.24. The number of H-pyrrole nitrogens is 1. The monoisotopic (exact) mass is 342 g/mol. The Morgan fingerprint density at radius 1 is 1.32 bits per heavy atom. The van der Waals surface area contributed by atoms with Gasteiger partial charge in [-0.15, -0.1) is 0 Å². The summed E-state index contributed by atoms with van der Waals surface area (Å²) in [5, 5.41) is 18.5. The van der Waals surface area contributed by atoms with Gasteiger partial charge in [0.25, 0.3) is 5.56 Å². The predicted octanol–water partition coefficient (Wildman–Crippen LogP) is 1.12. The Kier molecular flexibility index (Phi) is 3.97. The molecule has 0 atom stereocenters. The zero-order valence-electron chi connectivity index (χ0n) is 13.4. The second-order valence-electron chi connectivity index (χ2n) is 5.27. The van der Waals surface area contributed by atoms with E-state index in [2.05, 4.69) is 15.5 Å². The molecule has 1 amide bonds. The number of aromatic nitrogens is 3. The quantitative estimate of drug-likeness (QED) is 0.483. The number of anilines is 1. The van der Waals surface area contributed by atoms with Crippen molar-refractivity contribution < 1.29 is 19.4 Å². The van der Waals surface area contributed by atoms with Crippen molar-refractivity contribution in [1.82, 2.24) is 14.8 Å². The first kappa shape index (κ1) is 16.2. The Labute approximate surface area is 141 Å². The fraction of sp³-hybridized carbons (Fsp3) is 0.125. The molecule has 0 aliphatic carbocycles. The van der Waals surface area contributed by atoms with E-state index in [0.29, 0.717) is 5.69 Å². The Morgan fingerprint density at radius 3 is 2.76 bits per heavy atom. The highest BCUT2D eigenvalue weighted by molar-refractivity contribution is 5.96. The summed E-state index contributed by atoms with van der Waals surface area (Å²) in [7, 11) is 1.23. The maximum absolute atomic E-state index is 12.0. The van der Waals surface area contributed by atoms with Crippen LogP contribution in [0.25, 0.3) is 16.9 Å². The van der Waals surface area contributed by atoms with E-state index in [0.717, 1.165) is 0 Å². The van der Waals surface area contributed by atoms with Gasteiger partial charge >= 0.3 is 5.97 Å². The highest BCUT2D eigenvalue weighted by Crippen LogP contribution is 2.28. The van der Waals surface area contributed by atoms with Gasteiger partial charge in [0, 0.05) is 25.0 Å². The summed E-state index contributed by atoms with van der Waals surface area (Å²) in [6.45, 7) is 1.32. The van der Waals surface area contributed by atoms with Gasteiger partial charge in [-0.05, 0) is 18.2 Å². The summed E-state index contributed by atoms with van der Waals surface area (Å²) in [5.41, 5.74) is 0.773. The van der Waals surface area contributed by atoms with Crippen molar-refractivity contribution in [2.24, 2.45) is 0 Å². The molecular weight excluding hydrogens is 328 g/mol. The van der Waals surface area contributed by atoms with Gasteiger partial charge in [-0.2, -0.15) is 5.10 Å². The number of carbonyl (C=O) groups excluding carboxylic acids is 2. The van der Waals surface area contributed by atoms with Crippen molar-refractivity contribution >= 4 is 17.6 Å². The minimum atomic E-state index is -0.647. The molecule has 25 heavy (non-hydrogen) atoms. The van der Waals surface area contributed by atoms with Crippen LogP contribution in [0.4, 0.5) is 5.69 Å². The standard InChI is InChI=1S/C16H14N4O5/c1-8(21)17-12-5-9(3-4-13(12)22)20-6-10-14(18-19-15(10)23)11(7-20)16(24)25-2/h3-7,22H,1-2H3,(H,17,21)(H,19,23). The fourth-order valence-electron chi connectivity index (χ4n) is 2.42. The summed E-state index contributed by atoms with van der Waals surface area (Å²) in [6.07, 6.45) is 2.95. The Morgan fingerprint density at radius 2 is 2.08 bits per heavy atom. The third-order valence-corrected chi connectivity index (χ3v) is 3.55. The summed E-state index contributed by atoms with van der Waals surface area (Å²) in [6, 6.07) is 4.47. The average Bonchev–Trinajstić information content (AvgIpc) is 2.96. The molecule has 2 heterocycles. The van der Waals surface area contributed by atoms with Crippen LogP contribution in [0.15, 0.2) is 35.4 Å². The Hall–Kier alpha value is -3.62. The molecule has 2 aliphatic rings. The lowest BCUT2D eigenvalue weighted by atomic mass is 10.1. The van der Waals surface area contributed by atoms with Gasteiger partial charge in [-0.1, -0.05) is 0 Å². The van der Waals surface area contributed by atoms with Gasteiger partial charge in [0.2, 0.25) is 5.91 Å². The van der Waals surface area contributed by atoms with Crippen molar-refractivity contribution in [3.63, 3.8) is 0 Å². The third kappa shape index (κ3) is 2.94. The zero-order valence-corrected chi connectivity index (χ0v) is 13.4. The van der Waals surface area contributed by atoms with Crippen LogP contribution in [0.5, 0.6) is 5.75 Å². The molecule has 1 aromatic carbocycles. The molecule has 0 spiro atoms. The van der Waals surface area contributed by atoms with Crippen molar-refractivity contribution in [2.75, 3.05) is 12.4 Å². The predicted molar refractivity (Wildman–Crippen MR) is 88.1 cm³/mol. The summed E-state index contributed by atoms with van der Waals surface area (Å²) in [4.78, 5) is 35.1. The van der Waals surface area contributed by atoms with Crippen LogP contribution in [0.2, 0.25) is 0 Å². The van der Waals surface area contributed by atoms with Gasteiger partial charge in [0.15, 0.2) is 0 Å². The van der Waals surface area contributed by atoms with Crippen molar-refractivity contribution in [2.45, 2.75) is 6.92 Å². The number of carbonyl (C=O) groups is 2. The van der Waals surface area contributed by atoms with E-state index in [9.17, 15) is 19.5 Å². The molecule has 9 heteroatoms. The van der Waals surface area contributed by atoms with Crippen molar-refractivity contribution in [3.05, 3.63) is 46.5 Å². The first-order chi connectivity index (χ1) is 11.9. The van der Waals surface area contributed by atoms with Crippen LogP contribution in [0.1, 0.15) is 17.3 Å². The number of amides is 1. The lowest BCUT2D eigenvalue weighted by Crippen LogP contribution is -2.11. The van der Waals surface area contributed by atoms with E-state index in [4.69, 9.17) is 4.74 Å². The molecule has 0 unspecified atom stereocenters. The second-order valence-corrected chi connectivity index (χ2v) is 5.27. The first-order valence-corrected chi connectivity index (χ1v) is 7.20. The molecule has 9 nitrogen and oxygen atoms in total. The summed E-state index contributed by atoms with van der Waals surface area (Å²) in [5.74, 6) is -1.10. The van der Waals surface area contributed by atoms with Crippen molar-refractivity contribution in [1.29, 1.82) is 0 Å². The molecule has 128 valence electrons. The van der Waals surface area contributed by atoms with E-state index in [1.165, 1.54) is 43.1 Å². The van der Waals surface area contributed by atoms with Gasteiger partial charge in [-0.3, -0.25) is 9.59 Å². The smallest absolute Gasteiger partial charge is 0.341 e. The van der Waals surface area contributed by atoms with Crippen LogP contribution < -0.4 is 10.9 Å². The first-order valence-electron chi connectivity index (χ1n) is 7.20. The molecule has 0 fully saturated rings. The topological polar surface area (TPSA) is 126 Å². The number of benzene rings is 1. The molecule has 3 N–H and O–H groups in total. The maximum Gasteiger partial charge on any atom is 0.341 e. The largest absolute Gasteiger partial charge is 0.506 e. The number of methoxy groups -OCH3 is 1. The number of ether oxygens (including phenoxy) is 1. The molecule has 1 aromatic rings. The van der Waals surface area contributed by atoms with Gasteiger partial charge in [0.1, 0.15) is 17.0 Å². The van der Waals surface area contributed by atoms with Crippen LogP contribution in [-0.2, 0) is 9.53 Å². The third-order valence-electron chi connectivity index (χ3n) is 3.55. The number of nitrogens with one attached hydrogen (secondary N) is 2. The van der Waals surface area contributed by atoms with Gasteiger partial charge in [-0.25, -0.2) is 9.89 Å². The Balaban J connectivity index is 2.20. The normalized spacial score (nSPS) is 10.6. The van der Waals surface area contributed by atoms with Crippen LogP contribution >= 0.6 is 0 Å². The van der Waals surface area contributed by atoms with E-state index < -0.39 is 11.5 Å². The van der Waals surface area contributed by atoms with Gasteiger partial charge < -0.3 is 19.7 Å². The molecule has 0 bridgehead atoms. The number of aromatic hydroxyl groups is 1. The van der Waals surface area contributed by atoms with E-state index in [1.54, 1.807) is 6.07 Å². The van der Waals surface area contributed by atoms with E-state index >= 15 is 0 Å². The minimum absolute atomic E-state index is 0.104. The number of nitrogens with zero attached hydrogens (tertiary/aromatic N) is 2. The van der Waals surface area contributed by atoms with Crippen LogP contribution in [0, 0.1) is 0 Å². The fourth-order valence-corrected chi connectivity index (χ4v) is 2.42.